The van der Waals surface area contributed by atoms with Gasteiger partial charge in [-0.3, -0.25) is 9.59 Å². The van der Waals surface area contributed by atoms with Gasteiger partial charge in [-0.05, 0) is 111 Å². The number of ether oxygens (including phenoxy) is 1. The van der Waals surface area contributed by atoms with Crippen molar-refractivity contribution in [2.24, 2.45) is 46.3 Å². The van der Waals surface area contributed by atoms with Crippen molar-refractivity contribution >= 4 is 11.9 Å². The van der Waals surface area contributed by atoms with Gasteiger partial charge in [-0.25, -0.2) is 0 Å². The molecule has 0 spiro atoms. The van der Waals surface area contributed by atoms with E-state index in [2.05, 4.69) is 27.7 Å². The molecule has 5 heteroatoms. The summed E-state index contributed by atoms with van der Waals surface area (Å²) in [5.74, 6) is 2.36. The third-order valence-corrected chi connectivity index (χ3v) is 16.3. The van der Waals surface area contributed by atoms with Crippen molar-refractivity contribution in [1.29, 1.82) is 0 Å². The first-order valence-corrected chi connectivity index (χ1v) is 24.2. The summed E-state index contributed by atoms with van der Waals surface area (Å²) in [6.45, 7) is 9.37. The Morgan fingerprint density at radius 1 is 0.648 bits per heavy atom. The topological polar surface area (TPSA) is 83.8 Å². The molecule has 4 aliphatic rings. The van der Waals surface area contributed by atoms with Crippen molar-refractivity contribution in [2.45, 2.75) is 252 Å². The van der Waals surface area contributed by atoms with Crippen LogP contribution < -0.4 is 0 Å². The molecule has 0 aromatic heterocycles. The first-order chi connectivity index (χ1) is 26.1. The van der Waals surface area contributed by atoms with Crippen LogP contribution >= 0.6 is 0 Å². The zero-order chi connectivity index (χ0) is 38.8. The molecule has 0 aromatic carbocycles. The number of carbonyl (C=O) groups is 2. The van der Waals surface area contributed by atoms with E-state index in [0.29, 0.717) is 48.3 Å². The van der Waals surface area contributed by atoms with Gasteiger partial charge < -0.3 is 14.9 Å². The molecule has 0 amide bonds. The molecule has 314 valence electrons. The second-order valence-corrected chi connectivity index (χ2v) is 19.9. The Hall–Kier alpha value is -1.10. The Morgan fingerprint density at radius 3 is 1.69 bits per heavy atom. The van der Waals surface area contributed by atoms with Gasteiger partial charge in [-0.15, -0.1) is 0 Å². The third kappa shape index (κ3) is 13.2. The maximum Gasteiger partial charge on any atom is 0.306 e. The van der Waals surface area contributed by atoms with Crippen molar-refractivity contribution in [1.82, 2.24) is 0 Å². The number of esters is 1. The van der Waals surface area contributed by atoms with Crippen molar-refractivity contribution < 1.29 is 24.5 Å². The summed E-state index contributed by atoms with van der Waals surface area (Å²) in [4.78, 5) is 24.2. The minimum Gasteiger partial charge on any atom is -0.481 e. The molecule has 4 fully saturated rings. The number of aliphatic hydroxyl groups excluding tert-OH is 1. The van der Waals surface area contributed by atoms with Gasteiger partial charge in [0.2, 0.25) is 0 Å². The lowest BCUT2D eigenvalue weighted by Crippen LogP contribution is -2.59. The Bertz CT molecular complexity index is 1060. The monoisotopic (exact) mass is 757 g/mol. The Kier molecular flexibility index (Phi) is 20.2. The lowest BCUT2D eigenvalue weighted by molar-refractivity contribution is -0.181. The SMILES string of the molecule is CCCCCCCCCCCCCCCCCCCCCCCCC(=O)OC1CCC2(C)C(CCC3C2CC(O)C2(C)C(C(C)CCC(=O)O)CCC32)C1. The van der Waals surface area contributed by atoms with Crippen LogP contribution in [0.3, 0.4) is 0 Å². The van der Waals surface area contributed by atoms with Crippen molar-refractivity contribution in [3.05, 3.63) is 0 Å². The van der Waals surface area contributed by atoms with Crippen LogP contribution in [0.4, 0.5) is 0 Å². The summed E-state index contributed by atoms with van der Waals surface area (Å²) in [7, 11) is 0. The van der Waals surface area contributed by atoms with Gasteiger partial charge in [0.25, 0.3) is 0 Å². The normalized spacial score (nSPS) is 32.4. The van der Waals surface area contributed by atoms with Crippen LogP contribution in [0.5, 0.6) is 0 Å². The van der Waals surface area contributed by atoms with Gasteiger partial charge in [0.05, 0.1) is 6.10 Å². The molecular formula is C49H88O5. The minimum atomic E-state index is -0.709. The molecule has 0 bridgehead atoms. The number of carboxylic acids is 1. The molecule has 4 aliphatic carbocycles. The number of hydrogen-bond donors (Lipinski definition) is 2. The van der Waals surface area contributed by atoms with Crippen LogP contribution in [0.15, 0.2) is 0 Å². The standard InChI is InChI=1S/C49H88O5/c1-5-6-7-8-9-10-11-12-13-14-15-16-17-18-19-20-21-22-23-24-25-26-27-47(53)54-40-34-35-48(3)39(36-40)29-30-41-43-32-31-42(38(2)28-33-46(51)52)49(43,4)45(50)37-44(41)48/h38-45,50H,5-37H2,1-4H3,(H,51,52). The van der Waals surface area contributed by atoms with Gasteiger partial charge in [0.15, 0.2) is 0 Å². The van der Waals surface area contributed by atoms with E-state index in [0.717, 1.165) is 44.9 Å². The van der Waals surface area contributed by atoms with Gasteiger partial charge in [0, 0.05) is 12.8 Å². The first-order valence-electron chi connectivity index (χ1n) is 24.2. The van der Waals surface area contributed by atoms with Gasteiger partial charge in [-0.2, -0.15) is 0 Å². The fourth-order valence-electron chi connectivity index (χ4n) is 12.9. The lowest BCUT2D eigenvalue weighted by atomic mass is 9.43. The number of carboxylic acid groups (broad SMARTS) is 1. The summed E-state index contributed by atoms with van der Waals surface area (Å²) in [5.41, 5.74) is 0.119. The number of aliphatic carboxylic acids is 1. The Morgan fingerprint density at radius 2 is 1.17 bits per heavy atom. The number of aliphatic hydroxyl groups is 1. The molecule has 0 saturated heterocycles. The Balaban J connectivity index is 0.994. The highest BCUT2D eigenvalue weighted by molar-refractivity contribution is 5.69. The molecule has 54 heavy (non-hydrogen) atoms. The number of rotatable bonds is 28. The van der Waals surface area contributed by atoms with Gasteiger partial charge in [-0.1, -0.05) is 163 Å². The van der Waals surface area contributed by atoms with Gasteiger partial charge in [0.1, 0.15) is 6.10 Å². The minimum absolute atomic E-state index is 0.0170. The van der Waals surface area contributed by atoms with Crippen molar-refractivity contribution in [3.63, 3.8) is 0 Å². The summed E-state index contributed by atoms with van der Waals surface area (Å²) < 4.78 is 6.12. The molecule has 5 nitrogen and oxygen atoms in total. The highest BCUT2D eigenvalue weighted by Gasteiger charge is 2.63. The smallest absolute Gasteiger partial charge is 0.306 e. The summed E-state index contributed by atoms with van der Waals surface area (Å²) >= 11 is 0. The molecule has 4 rings (SSSR count). The van der Waals surface area contributed by atoms with E-state index in [9.17, 15) is 19.8 Å². The second kappa shape index (κ2) is 24.0. The largest absolute Gasteiger partial charge is 0.481 e. The van der Waals surface area contributed by atoms with Crippen LogP contribution in [-0.2, 0) is 14.3 Å². The van der Waals surface area contributed by atoms with Crippen LogP contribution in [0.2, 0.25) is 0 Å². The van der Waals surface area contributed by atoms with Crippen LogP contribution in [-0.4, -0.2) is 34.4 Å². The summed E-state index contributed by atoms with van der Waals surface area (Å²) in [6, 6.07) is 0. The number of hydrogen-bond acceptors (Lipinski definition) is 4. The predicted molar refractivity (Wildman–Crippen MR) is 224 cm³/mol. The van der Waals surface area contributed by atoms with E-state index in [-0.39, 0.29) is 35.4 Å². The van der Waals surface area contributed by atoms with E-state index >= 15 is 0 Å². The fraction of sp³-hybridized carbons (Fsp3) is 0.959. The van der Waals surface area contributed by atoms with Crippen LogP contribution in [0, 0.1) is 46.3 Å². The summed E-state index contributed by atoms with van der Waals surface area (Å²) in [6.07, 6.45) is 40.3. The van der Waals surface area contributed by atoms with E-state index in [1.54, 1.807) is 0 Å². The van der Waals surface area contributed by atoms with Crippen LogP contribution in [0.1, 0.15) is 240 Å². The lowest BCUT2D eigenvalue weighted by Gasteiger charge is -2.62. The molecule has 0 heterocycles. The molecule has 10 atom stereocenters. The maximum absolute atomic E-state index is 12.9. The second-order valence-electron chi connectivity index (χ2n) is 19.9. The van der Waals surface area contributed by atoms with E-state index in [4.69, 9.17) is 4.74 Å². The molecule has 0 aliphatic heterocycles. The fourth-order valence-corrected chi connectivity index (χ4v) is 12.9. The molecular weight excluding hydrogens is 669 g/mol. The molecule has 0 radical (unpaired) electrons. The molecule has 10 unspecified atom stereocenters. The third-order valence-electron chi connectivity index (χ3n) is 16.3. The molecule has 2 N–H and O–H groups in total. The van der Waals surface area contributed by atoms with E-state index in [1.165, 1.54) is 148 Å². The van der Waals surface area contributed by atoms with E-state index in [1.807, 2.05) is 0 Å². The van der Waals surface area contributed by atoms with E-state index < -0.39 is 5.97 Å². The highest BCUT2D eigenvalue weighted by Crippen LogP contribution is 2.68. The number of unbranched alkanes of at least 4 members (excludes halogenated alkanes) is 21. The zero-order valence-corrected chi connectivity index (χ0v) is 36.1. The molecule has 4 saturated carbocycles. The highest BCUT2D eigenvalue weighted by atomic mass is 16.5. The van der Waals surface area contributed by atoms with Crippen molar-refractivity contribution in [2.75, 3.05) is 0 Å². The maximum atomic E-state index is 12.9. The quantitative estimate of drug-likeness (QED) is 0.0613. The zero-order valence-electron chi connectivity index (χ0n) is 36.1. The van der Waals surface area contributed by atoms with Crippen LogP contribution in [0.25, 0.3) is 0 Å². The molecule has 0 aromatic rings. The van der Waals surface area contributed by atoms with Gasteiger partial charge >= 0.3 is 11.9 Å². The average Bonchev–Trinajstić information content (AvgIpc) is 3.52. The summed E-state index contributed by atoms with van der Waals surface area (Å²) in [5, 5.41) is 21.1. The Labute approximate surface area is 333 Å². The first kappa shape index (κ1) is 45.6. The predicted octanol–water partition coefficient (Wildman–Crippen LogP) is 14.0. The number of fused-ring (bicyclic) bond motifs is 5. The van der Waals surface area contributed by atoms with Crippen molar-refractivity contribution in [3.8, 4) is 0 Å². The number of carbonyl (C=O) groups excluding carboxylic acids is 1. The average molecular weight is 757 g/mol.